The molecule has 2 rings (SSSR count). The summed E-state index contributed by atoms with van der Waals surface area (Å²) >= 11 is 6.09. The van der Waals surface area contributed by atoms with Gasteiger partial charge in [0.2, 0.25) is 0 Å². The molecule has 1 aromatic heterocycles. The van der Waals surface area contributed by atoms with Gasteiger partial charge in [-0.1, -0.05) is 17.7 Å². The van der Waals surface area contributed by atoms with Crippen LogP contribution in [-0.4, -0.2) is 22.3 Å². The third kappa shape index (κ3) is 4.49. The van der Waals surface area contributed by atoms with E-state index in [0.29, 0.717) is 17.1 Å². The van der Waals surface area contributed by atoms with E-state index in [1.165, 1.54) is 0 Å². The summed E-state index contributed by atoms with van der Waals surface area (Å²) < 4.78 is 0. The second-order valence-electron chi connectivity index (χ2n) is 5.23. The number of rotatable bonds is 4. The number of urea groups is 1. The molecule has 112 valence electrons. The standard InChI is InChI=1S/C15H19ClN4O/c1-9-4-5-14(13(16)6-9)18-15(21)17-10(2)7-12-8-11(3)19-20-12/h4-6,8,10H,7H2,1-3H3,(H,19,20)(H2,17,18,21). The van der Waals surface area contributed by atoms with E-state index in [2.05, 4.69) is 20.8 Å². The molecule has 0 fully saturated rings. The Labute approximate surface area is 129 Å². The summed E-state index contributed by atoms with van der Waals surface area (Å²) in [5.41, 5.74) is 3.58. The lowest BCUT2D eigenvalue weighted by Gasteiger charge is -2.14. The fourth-order valence-electron chi connectivity index (χ4n) is 2.05. The number of hydrogen-bond acceptors (Lipinski definition) is 2. The third-order valence-electron chi connectivity index (χ3n) is 3.02. The number of nitrogens with one attached hydrogen (secondary N) is 3. The molecule has 3 N–H and O–H groups in total. The molecule has 0 aliphatic rings. The van der Waals surface area contributed by atoms with Crippen LogP contribution in [0.15, 0.2) is 24.3 Å². The van der Waals surface area contributed by atoms with E-state index < -0.39 is 0 Å². The molecule has 0 bridgehead atoms. The predicted octanol–water partition coefficient (Wildman–Crippen LogP) is 3.43. The summed E-state index contributed by atoms with van der Waals surface area (Å²) in [5, 5.41) is 13.2. The number of aryl methyl sites for hydroxylation is 2. The van der Waals surface area contributed by atoms with E-state index in [-0.39, 0.29) is 12.1 Å². The zero-order valence-electron chi connectivity index (χ0n) is 12.3. The zero-order valence-corrected chi connectivity index (χ0v) is 13.1. The summed E-state index contributed by atoms with van der Waals surface area (Å²) in [6, 6.07) is 7.16. The second-order valence-corrected chi connectivity index (χ2v) is 5.64. The smallest absolute Gasteiger partial charge is 0.319 e. The molecule has 1 heterocycles. The van der Waals surface area contributed by atoms with Crippen molar-refractivity contribution in [2.75, 3.05) is 5.32 Å². The molecule has 2 amide bonds. The van der Waals surface area contributed by atoms with Gasteiger partial charge in [-0.05, 0) is 44.5 Å². The number of aromatic amines is 1. The fourth-order valence-corrected chi connectivity index (χ4v) is 2.33. The minimum atomic E-state index is -0.277. The molecular weight excluding hydrogens is 288 g/mol. The van der Waals surface area contributed by atoms with Crippen molar-refractivity contribution < 1.29 is 4.79 Å². The molecule has 21 heavy (non-hydrogen) atoms. The van der Waals surface area contributed by atoms with E-state index in [0.717, 1.165) is 17.0 Å². The largest absolute Gasteiger partial charge is 0.335 e. The van der Waals surface area contributed by atoms with Gasteiger partial charge < -0.3 is 10.6 Å². The van der Waals surface area contributed by atoms with Crippen LogP contribution in [0.1, 0.15) is 23.9 Å². The Balaban J connectivity index is 1.89. The number of aromatic nitrogens is 2. The Morgan fingerprint density at radius 3 is 2.76 bits per heavy atom. The topological polar surface area (TPSA) is 69.8 Å². The number of hydrogen-bond donors (Lipinski definition) is 3. The van der Waals surface area contributed by atoms with Crippen LogP contribution in [0.4, 0.5) is 10.5 Å². The highest BCUT2D eigenvalue weighted by molar-refractivity contribution is 6.33. The van der Waals surface area contributed by atoms with E-state index in [1.54, 1.807) is 6.07 Å². The quantitative estimate of drug-likeness (QED) is 0.810. The second kappa shape index (κ2) is 6.63. The first-order valence-corrected chi connectivity index (χ1v) is 7.16. The highest BCUT2D eigenvalue weighted by atomic mass is 35.5. The molecule has 1 atom stereocenters. The minimum Gasteiger partial charge on any atom is -0.335 e. The van der Waals surface area contributed by atoms with E-state index in [1.807, 2.05) is 39.0 Å². The van der Waals surface area contributed by atoms with Crippen LogP contribution in [0.2, 0.25) is 5.02 Å². The molecule has 6 heteroatoms. The monoisotopic (exact) mass is 306 g/mol. The highest BCUT2D eigenvalue weighted by Crippen LogP contribution is 2.22. The molecule has 0 saturated carbocycles. The van der Waals surface area contributed by atoms with Crippen molar-refractivity contribution >= 4 is 23.3 Å². The van der Waals surface area contributed by atoms with Crippen LogP contribution in [-0.2, 0) is 6.42 Å². The molecule has 0 aliphatic carbocycles. The summed E-state index contributed by atoms with van der Waals surface area (Å²) in [5.74, 6) is 0. The molecular formula is C15H19ClN4O. The Bertz CT molecular complexity index is 638. The number of amides is 2. The van der Waals surface area contributed by atoms with Crippen molar-refractivity contribution in [3.8, 4) is 0 Å². The maximum Gasteiger partial charge on any atom is 0.319 e. The number of benzene rings is 1. The van der Waals surface area contributed by atoms with Crippen molar-refractivity contribution in [2.24, 2.45) is 0 Å². The third-order valence-corrected chi connectivity index (χ3v) is 3.34. The van der Waals surface area contributed by atoms with Crippen molar-refractivity contribution in [3.05, 3.63) is 46.2 Å². The fraction of sp³-hybridized carbons (Fsp3) is 0.333. The first kappa shape index (κ1) is 15.4. The van der Waals surface area contributed by atoms with Crippen molar-refractivity contribution in [1.29, 1.82) is 0 Å². The Morgan fingerprint density at radius 1 is 1.38 bits per heavy atom. The van der Waals surface area contributed by atoms with Crippen molar-refractivity contribution in [1.82, 2.24) is 15.5 Å². The van der Waals surface area contributed by atoms with Crippen LogP contribution < -0.4 is 10.6 Å². The van der Waals surface area contributed by atoms with Crippen molar-refractivity contribution in [2.45, 2.75) is 33.2 Å². The lowest BCUT2D eigenvalue weighted by molar-refractivity contribution is 0.249. The summed E-state index contributed by atoms with van der Waals surface area (Å²) in [6.45, 7) is 5.82. The van der Waals surface area contributed by atoms with Gasteiger partial charge in [0.1, 0.15) is 0 Å². The molecule has 0 saturated heterocycles. The summed E-state index contributed by atoms with van der Waals surface area (Å²) in [7, 11) is 0. The Hall–Kier alpha value is -2.01. The maximum absolute atomic E-state index is 11.9. The molecule has 5 nitrogen and oxygen atoms in total. The van der Waals surface area contributed by atoms with Crippen LogP contribution in [0.25, 0.3) is 0 Å². The van der Waals surface area contributed by atoms with E-state index in [9.17, 15) is 4.79 Å². The number of halogens is 1. The Morgan fingerprint density at radius 2 is 2.14 bits per heavy atom. The van der Waals surface area contributed by atoms with Crippen LogP contribution in [0, 0.1) is 13.8 Å². The van der Waals surface area contributed by atoms with Gasteiger partial charge in [-0.2, -0.15) is 5.10 Å². The van der Waals surface area contributed by atoms with E-state index >= 15 is 0 Å². The molecule has 1 unspecified atom stereocenters. The first-order chi connectivity index (χ1) is 9.94. The van der Waals surface area contributed by atoms with Gasteiger partial charge in [0.15, 0.2) is 0 Å². The summed E-state index contributed by atoms with van der Waals surface area (Å²) in [6.07, 6.45) is 0.666. The lowest BCUT2D eigenvalue weighted by Crippen LogP contribution is -2.37. The summed E-state index contributed by atoms with van der Waals surface area (Å²) in [4.78, 5) is 11.9. The van der Waals surface area contributed by atoms with Gasteiger partial charge in [0, 0.05) is 18.2 Å². The first-order valence-electron chi connectivity index (χ1n) is 6.78. The SMILES string of the molecule is Cc1ccc(NC(=O)NC(C)Cc2cc(C)[nH]n2)c(Cl)c1. The Kier molecular flexibility index (Phi) is 4.85. The molecule has 2 aromatic rings. The average molecular weight is 307 g/mol. The van der Waals surface area contributed by atoms with Crippen molar-refractivity contribution in [3.63, 3.8) is 0 Å². The predicted molar refractivity (Wildman–Crippen MR) is 84.8 cm³/mol. The van der Waals surface area contributed by atoms with Gasteiger partial charge in [0.25, 0.3) is 0 Å². The normalized spacial score (nSPS) is 12.0. The van der Waals surface area contributed by atoms with E-state index in [4.69, 9.17) is 11.6 Å². The molecule has 1 aromatic carbocycles. The lowest BCUT2D eigenvalue weighted by atomic mass is 10.2. The average Bonchev–Trinajstić information content (AvgIpc) is 2.78. The molecule has 0 aliphatic heterocycles. The number of carbonyl (C=O) groups excluding carboxylic acids is 1. The van der Waals surface area contributed by atoms with Gasteiger partial charge in [-0.25, -0.2) is 4.79 Å². The van der Waals surface area contributed by atoms with Crippen LogP contribution in [0.5, 0.6) is 0 Å². The van der Waals surface area contributed by atoms with Gasteiger partial charge in [-0.15, -0.1) is 0 Å². The number of anilines is 1. The number of H-pyrrole nitrogens is 1. The van der Waals surface area contributed by atoms with Crippen LogP contribution in [0.3, 0.4) is 0 Å². The van der Waals surface area contributed by atoms with Gasteiger partial charge in [0.05, 0.1) is 16.4 Å². The molecule has 0 radical (unpaired) electrons. The van der Waals surface area contributed by atoms with Crippen LogP contribution >= 0.6 is 11.6 Å². The minimum absolute atomic E-state index is 0.0306. The maximum atomic E-state index is 11.9. The highest BCUT2D eigenvalue weighted by Gasteiger charge is 2.11. The zero-order chi connectivity index (χ0) is 15.4. The number of carbonyl (C=O) groups is 1. The van der Waals surface area contributed by atoms with Gasteiger partial charge >= 0.3 is 6.03 Å². The van der Waals surface area contributed by atoms with Gasteiger partial charge in [-0.3, -0.25) is 5.10 Å². The molecule has 0 spiro atoms. The number of nitrogens with zero attached hydrogens (tertiary/aromatic N) is 1.